The number of hydrogen-bond acceptors (Lipinski definition) is 7. The van der Waals surface area contributed by atoms with Gasteiger partial charge in [0.05, 0.1) is 13.2 Å². The molecule has 0 rings (SSSR count). The maximum Gasteiger partial charge on any atom is 0.472 e. The van der Waals surface area contributed by atoms with Crippen LogP contribution in [0.3, 0.4) is 0 Å². The number of amides is 1. The van der Waals surface area contributed by atoms with E-state index >= 15 is 0 Å². The molecule has 44 heavy (non-hydrogen) atoms. The van der Waals surface area contributed by atoms with Crippen molar-refractivity contribution in [3.05, 3.63) is 24.3 Å². The molecule has 0 spiro atoms. The van der Waals surface area contributed by atoms with Gasteiger partial charge in [0.15, 0.2) is 0 Å². The maximum absolute atomic E-state index is 12.0. The first-order valence-corrected chi connectivity index (χ1v) is 18.8. The topological polar surface area (TPSA) is 131 Å². The molecule has 0 aromatic heterocycles. The summed E-state index contributed by atoms with van der Waals surface area (Å²) in [4.78, 5) is 33.6. The summed E-state index contributed by atoms with van der Waals surface area (Å²) >= 11 is 0. The van der Waals surface area contributed by atoms with Crippen LogP contribution in [0.2, 0.25) is 0 Å². The summed E-state index contributed by atoms with van der Waals surface area (Å²) < 4.78 is 26.6. The van der Waals surface area contributed by atoms with Gasteiger partial charge in [-0.25, -0.2) is 4.57 Å². The van der Waals surface area contributed by atoms with Crippen molar-refractivity contribution in [2.24, 2.45) is 0 Å². The van der Waals surface area contributed by atoms with Gasteiger partial charge < -0.3 is 20.1 Å². The lowest BCUT2D eigenvalue weighted by Gasteiger charge is -2.15. The Balaban J connectivity index is 3.67. The van der Waals surface area contributed by atoms with Crippen molar-refractivity contribution >= 4 is 19.7 Å². The van der Waals surface area contributed by atoms with Crippen LogP contribution in [0.5, 0.6) is 0 Å². The van der Waals surface area contributed by atoms with Gasteiger partial charge in [0.25, 0.3) is 0 Å². The first-order valence-electron chi connectivity index (χ1n) is 17.3. The number of hydrogen-bond donors (Lipinski definition) is 3. The third-order valence-corrected chi connectivity index (χ3v) is 8.09. The minimum Gasteiger partial charge on any atom is -0.463 e. The summed E-state index contributed by atoms with van der Waals surface area (Å²) in [7, 11) is -4.41. The molecule has 0 heterocycles. The van der Waals surface area contributed by atoms with E-state index in [4.69, 9.17) is 13.8 Å². The molecule has 0 saturated carbocycles. The Bertz CT molecular complexity index is 789. The Morgan fingerprint density at radius 3 is 1.77 bits per heavy atom. The lowest BCUT2D eigenvalue weighted by molar-refractivity contribution is -0.147. The number of aliphatic hydroxyl groups is 1. The van der Waals surface area contributed by atoms with E-state index < -0.39 is 26.5 Å². The number of nitrogens with one attached hydrogen (secondary N) is 1. The second kappa shape index (κ2) is 31.5. The Labute approximate surface area is 268 Å². The predicted octanol–water partition coefficient (Wildman–Crippen LogP) is 8.48. The van der Waals surface area contributed by atoms with E-state index in [0.717, 1.165) is 77.0 Å². The third-order valence-electron chi connectivity index (χ3n) is 7.10. The van der Waals surface area contributed by atoms with Crippen molar-refractivity contribution in [2.45, 2.75) is 155 Å². The predicted molar refractivity (Wildman–Crippen MR) is 178 cm³/mol. The molecule has 10 heteroatoms. The van der Waals surface area contributed by atoms with E-state index in [0.29, 0.717) is 6.42 Å². The second-order valence-corrected chi connectivity index (χ2v) is 12.9. The molecule has 0 aromatic carbocycles. The molecule has 0 aliphatic heterocycles. The molecule has 0 fully saturated rings. The molecular formula is C34H64NO8P. The van der Waals surface area contributed by atoms with Crippen LogP contribution < -0.4 is 5.32 Å². The Kier molecular flexibility index (Phi) is 30.4. The highest BCUT2D eigenvalue weighted by Crippen LogP contribution is 2.42. The lowest BCUT2D eigenvalue weighted by Crippen LogP contribution is -2.27. The molecule has 1 amide bonds. The van der Waals surface area contributed by atoms with E-state index in [-0.39, 0.29) is 32.1 Å². The summed E-state index contributed by atoms with van der Waals surface area (Å²) in [5, 5.41) is 12.6. The van der Waals surface area contributed by atoms with Gasteiger partial charge >= 0.3 is 13.8 Å². The highest BCUT2D eigenvalue weighted by molar-refractivity contribution is 7.47. The van der Waals surface area contributed by atoms with Gasteiger partial charge in [-0.3, -0.25) is 18.6 Å². The number of rotatable bonds is 32. The first kappa shape index (κ1) is 42.5. The van der Waals surface area contributed by atoms with Gasteiger partial charge in [0, 0.05) is 19.4 Å². The quantitative estimate of drug-likeness (QED) is 0.0287. The molecule has 0 saturated heterocycles. The zero-order valence-corrected chi connectivity index (χ0v) is 28.7. The first-order chi connectivity index (χ1) is 21.3. The zero-order chi connectivity index (χ0) is 32.6. The van der Waals surface area contributed by atoms with Crippen LogP contribution in [0.15, 0.2) is 24.3 Å². The number of carbonyl (C=O) groups excluding carboxylic acids is 2. The minimum absolute atomic E-state index is 0.0770. The fraction of sp³-hybridized carbons (Fsp3) is 0.824. The standard InChI is InChI=1S/C34H64NO8P/c1-3-5-7-9-11-13-15-17-18-20-22-24-26-33(37)35-28-29-42-44(39,40)43-31-32(36)30-41-34(38)27-25-23-21-19-16-14-12-10-8-6-4-2/h10-13,32,36H,3-9,14-31H2,1-2H3,(H,35,37)(H,39,40)/b12-10-,13-11-. The number of unbranched alkanes of at least 4 members (excludes halogenated alkanes) is 15. The molecule has 2 unspecified atom stereocenters. The van der Waals surface area contributed by atoms with Crippen LogP contribution in [-0.4, -0.2) is 54.3 Å². The zero-order valence-electron chi connectivity index (χ0n) is 27.9. The van der Waals surface area contributed by atoms with Crippen molar-refractivity contribution in [1.29, 1.82) is 0 Å². The molecule has 0 aliphatic rings. The summed E-state index contributed by atoms with van der Waals surface area (Å²) in [6.07, 6.45) is 29.7. The Hall–Kier alpha value is -1.51. The highest BCUT2D eigenvalue weighted by atomic mass is 31.2. The van der Waals surface area contributed by atoms with E-state index in [9.17, 15) is 24.2 Å². The van der Waals surface area contributed by atoms with Crippen molar-refractivity contribution in [1.82, 2.24) is 5.32 Å². The van der Waals surface area contributed by atoms with Crippen LogP contribution >= 0.6 is 7.82 Å². The van der Waals surface area contributed by atoms with Gasteiger partial charge in [-0.1, -0.05) is 102 Å². The number of aliphatic hydroxyl groups excluding tert-OH is 1. The normalized spacial score (nSPS) is 13.8. The van der Waals surface area contributed by atoms with E-state index in [2.05, 4.69) is 43.5 Å². The molecule has 2 atom stereocenters. The van der Waals surface area contributed by atoms with Crippen LogP contribution in [0.4, 0.5) is 0 Å². The molecule has 0 aromatic rings. The van der Waals surface area contributed by atoms with Gasteiger partial charge in [0.2, 0.25) is 5.91 Å². The SMILES string of the molecule is CCCC/C=C\CCCCCCCC(=O)OCC(O)COP(=O)(O)OCCNC(=O)CCCCCCC/C=C\CCCCC. The average Bonchev–Trinajstić information content (AvgIpc) is 3.00. The van der Waals surface area contributed by atoms with E-state index in [1.807, 2.05) is 0 Å². The lowest BCUT2D eigenvalue weighted by atomic mass is 10.1. The molecule has 0 radical (unpaired) electrons. The molecular weight excluding hydrogens is 581 g/mol. The molecule has 3 N–H and O–H groups in total. The number of allylic oxidation sites excluding steroid dienone is 4. The third kappa shape index (κ3) is 31.9. The van der Waals surface area contributed by atoms with Crippen molar-refractivity contribution in [3.63, 3.8) is 0 Å². The van der Waals surface area contributed by atoms with Gasteiger partial charge in [-0.15, -0.1) is 0 Å². The minimum atomic E-state index is -4.41. The smallest absolute Gasteiger partial charge is 0.463 e. The summed E-state index contributed by atoms with van der Waals surface area (Å²) in [5.74, 6) is -0.539. The average molecular weight is 646 g/mol. The van der Waals surface area contributed by atoms with Crippen LogP contribution in [-0.2, 0) is 27.9 Å². The van der Waals surface area contributed by atoms with Crippen LogP contribution in [0.1, 0.15) is 149 Å². The van der Waals surface area contributed by atoms with Gasteiger partial charge in [-0.2, -0.15) is 0 Å². The fourth-order valence-corrected chi connectivity index (χ4v) is 5.17. The van der Waals surface area contributed by atoms with Gasteiger partial charge in [0.1, 0.15) is 12.7 Å². The summed E-state index contributed by atoms with van der Waals surface area (Å²) in [6, 6.07) is 0. The largest absolute Gasteiger partial charge is 0.472 e. The highest BCUT2D eigenvalue weighted by Gasteiger charge is 2.23. The van der Waals surface area contributed by atoms with Crippen molar-refractivity contribution < 1.29 is 37.9 Å². The molecule has 258 valence electrons. The molecule has 0 aliphatic carbocycles. The number of carbonyl (C=O) groups is 2. The maximum atomic E-state index is 12.0. The number of ether oxygens (including phenoxy) is 1. The van der Waals surface area contributed by atoms with E-state index in [1.165, 1.54) is 44.9 Å². The van der Waals surface area contributed by atoms with Crippen molar-refractivity contribution in [2.75, 3.05) is 26.4 Å². The monoisotopic (exact) mass is 645 g/mol. The fourth-order valence-electron chi connectivity index (χ4n) is 4.41. The second-order valence-electron chi connectivity index (χ2n) is 11.5. The van der Waals surface area contributed by atoms with Crippen molar-refractivity contribution in [3.8, 4) is 0 Å². The van der Waals surface area contributed by atoms with E-state index in [1.54, 1.807) is 0 Å². The molecule has 9 nitrogen and oxygen atoms in total. The van der Waals surface area contributed by atoms with Crippen LogP contribution in [0, 0.1) is 0 Å². The number of phosphoric acid groups is 1. The number of esters is 1. The summed E-state index contributed by atoms with van der Waals surface area (Å²) in [5.41, 5.74) is 0. The van der Waals surface area contributed by atoms with Crippen LogP contribution in [0.25, 0.3) is 0 Å². The molecule has 0 bridgehead atoms. The number of phosphoric ester groups is 1. The Morgan fingerprint density at radius 1 is 0.682 bits per heavy atom. The summed E-state index contributed by atoms with van der Waals surface area (Å²) in [6.45, 7) is 3.44. The van der Waals surface area contributed by atoms with Gasteiger partial charge in [-0.05, 0) is 57.8 Å². The Morgan fingerprint density at radius 2 is 1.18 bits per heavy atom.